The number of rotatable bonds is 2. The molecule has 2 aromatic rings. The molecule has 3 heteroatoms. The van der Waals surface area contributed by atoms with Crippen LogP contribution in [-0.4, -0.2) is 16.6 Å². The standard InChI is InChI=1S/C18H17NO2/c1-12-17(20)8-4-6-13(18(12)21)9-15-11-19-10-14-5-2-3-7-16(14)15/h2-3,5,7,10-11,13H,1,4,6,8-9H2. The predicted molar refractivity (Wildman–Crippen MR) is 81.9 cm³/mol. The summed E-state index contributed by atoms with van der Waals surface area (Å²) < 4.78 is 0. The molecule has 3 rings (SSSR count). The second kappa shape index (κ2) is 5.60. The first kappa shape index (κ1) is 13.7. The third kappa shape index (κ3) is 2.64. The molecule has 1 aromatic heterocycles. The normalized spacial score (nSPS) is 19.8. The SMILES string of the molecule is C=C1C(=O)CCCC(Cc2cncc3ccccc23)C1=O. The maximum Gasteiger partial charge on any atom is 0.169 e. The van der Waals surface area contributed by atoms with Crippen LogP contribution in [0.4, 0.5) is 0 Å². The van der Waals surface area contributed by atoms with Gasteiger partial charge >= 0.3 is 0 Å². The quantitative estimate of drug-likeness (QED) is 0.481. The molecular formula is C18H17NO2. The van der Waals surface area contributed by atoms with Crippen LogP contribution in [0.5, 0.6) is 0 Å². The van der Waals surface area contributed by atoms with Crippen LogP contribution < -0.4 is 0 Å². The van der Waals surface area contributed by atoms with E-state index in [4.69, 9.17) is 0 Å². The molecule has 0 amide bonds. The van der Waals surface area contributed by atoms with Crippen LogP contribution in [0.25, 0.3) is 10.8 Å². The summed E-state index contributed by atoms with van der Waals surface area (Å²) >= 11 is 0. The number of allylic oxidation sites excluding steroid dienone is 1. The smallest absolute Gasteiger partial charge is 0.169 e. The maximum atomic E-state index is 12.4. The Morgan fingerprint density at radius 1 is 1.19 bits per heavy atom. The lowest BCUT2D eigenvalue weighted by Gasteiger charge is -2.14. The number of nitrogens with zero attached hydrogens (tertiary/aromatic N) is 1. The number of pyridine rings is 1. The molecule has 0 spiro atoms. The first-order valence-electron chi connectivity index (χ1n) is 7.25. The molecule has 0 aliphatic heterocycles. The lowest BCUT2D eigenvalue weighted by Crippen LogP contribution is -2.19. The first-order chi connectivity index (χ1) is 10.2. The fourth-order valence-corrected chi connectivity index (χ4v) is 2.98. The molecule has 106 valence electrons. The van der Waals surface area contributed by atoms with Gasteiger partial charge in [0.15, 0.2) is 11.6 Å². The molecule has 1 atom stereocenters. The second-order valence-electron chi connectivity index (χ2n) is 5.58. The van der Waals surface area contributed by atoms with Crippen LogP contribution in [0.1, 0.15) is 24.8 Å². The van der Waals surface area contributed by atoms with Gasteiger partial charge in [0.05, 0.1) is 5.57 Å². The Hall–Kier alpha value is -2.29. The van der Waals surface area contributed by atoms with Gasteiger partial charge in [0.2, 0.25) is 0 Å². The number of aromatic nitrogens is 1. The van der Waals surface area contributed by atoms with E-state index < -0.39 is 0 Å². The molecule has 1 aromatic carbocycles. The number of carbonyl (C=O) groups excluding carboxylic acids is 2. The van der Waals surface area contributed by atoms with Gasteiger partial charge < -0.3 is 0 Å². The van der Waals surface area contributed by atoms with Gasteiger partial charge in [0.1, 0.15) is 0 Å². The molecule has 1 aliphatic carbocycles. The largest absolute Gasteiger partial charge is 0.294 e. The van der Waals surface area contributed by atoms with E-state index in [1.54, 1.807) is 0 Å². The first-order valence-corrected chi connectivity index (χ1v) is 7.25. The van der Waals surface area contributed by atoms with Crippen molar-refractivity contribution in [3.63, 3.8) is 0 Å². The number of hydrogen-bond acceptors (Lipinski definition) is 3. The van der Waals surface area contributed by atoms with E-state index >= 15 is 0 Å². The average molecular weight is 279 g/mol. The molecule has 3 nitrogen and oxygen atoms in total. The number of fused-ring (bicyclic) bond motifs is 1. The summed E-state index contributed by atoms with van der Waals surface area (Å²) in [4.78, 5) is 28.3. The average Bonchev–Trinajstić information content (AvgIpc) is 2.62. The van der Waals surface area contributed by atoms with Crippen molar-refractivity contribution in [1.29, 1.82) is 0 Å². The number of hydrogen-bond donors (Lipinski definition) is 0. The third-order valence-corrected chi connectivity index (χ3v) is 4.18. The number of Topliss-reactive ketones (excluding diaryl/α,β-unsaturated/α-hetero) is 2. The molecule has 1 heterocycles. The highest BCUT2D eigenvalue weighted by Crippen LogP contribution is 2.27. The van der Waals surface area contributed by atoms with Crippen molar-refractivity contribution in [1.82, 2.24) is 4.98 Å². The van der Waals surface area contributed by atoms with Crippen molar-refractivity contribution in [2.75, 3.05) is 0 Å². The van der Waals surface area contributed by atoms with E-state index in [-0.39, 0.29) is 23.1 Å². The van der Waals surface area contributed by atoms with Crippen LogP contribution in [0.2, 0.25) is 0 Å². The van der Waals surface area contributed by atoms with Crippen LogP contribution in [0.15, 0.2) is 48.8 Å². The van der Waals surface area contributed by atoms with Gasteiger partial charge in [-0.05, 0) is 30.2 Å². The molecule has 1 saturated carbocycles. The van der Waals surface area contributed by atoms with Gasteiger partial charge in [-0.1, -0.05) is 30.8 Å². The Labute approximate surface area is 123 Å². The minimum absolute atomic E-state index is 0.0922. The lowest BCUT2D eigenvalue weighted by molar-refractivity contribution is -0.122. The lowest BCUT2D eigenvalue weighted by atomic mass is 9.89. The molecule has 21 heavy (non-hydrogen) atoms. The number of carbonyl (C=O) groups is 2. The van der Waals surface area contributed by atoms with E-state index in [2.05, 4.69) is 11.6 Å². The maximum absolute atomic E-state index is 12.4. The number of benzene rings is 1. The summed E-state index contributed by atoms with van der Waals surface area (Å²) in [6.45, 7) is 3.68. The van der Waals surface area contributed by atoms with Crippen molar-refractivity contribution < 1.29 is 9.59 Å². The molecule has 0 bridgehead atoms. The van der Waals surface area contributed by atoms with Gasteiger partial charge in [-0.25, -0.2) is 0 Å². The Morgan fingerprint density at radius 3 is 2.86 bits per heavy atom. The Bertz CT molecular complexity index is 728. The van der Waals surface area contributed by atoms with E-state index in [1.165, 1.54) is 0 Å². The van der Waals surface area contributed by atoms with Crippen LogP contribution in [-0.2, 0) is 16.0 Å². The molecule has 1 aliphatic rings. The number of ketones is 2. The predicted octanol–water partition coefficient (Wildman–Crippen LogP) is 3.27. The molecule has 0 saturated heterocycles. The zero-order chi connectivity index (χ0) is 14.8. The Kier molecular flexibility index (Phi) is 3.65. The van der Waals surface area contributed by atoms with E-state index in [1.807, 2.05) is 36.7 Å². The van der Waals surface area contributed by atoms with Crippen LogP contribution >= 0.6 is 0 Å². The topological polar surface area (TPSA) is 47.0 Å². The highest BCUT2D eigenvalue weighted by atomic mass is 16.1. The summed E-state index contributed by atoms with van der Waals surface area (Å²) in [5.41, 5.74) is 1.24. The van der Waals surface area contributed by atoms with Crippen molar-refractivity contribution in [2.45, 2.75) is 25.7 Å². The third-order valence-electron chi connectivity index (χ3n) is 4.18. The van der Waals surface area contributed by atoms with Gasteiger partial charge in [-0.2, -0.15) is 0 Å². The summed E-state index contributed by atoms with van der Waals surface area (Å²) in [6.07, 6.45) is 6.22. The summed E-state index contributed by atoms with van der Waals surface area (Å²) in [6, 6.07) is 8.03. The zero-order valence-electron chi connectivity index (χ0n) is 11.8. The summed E-state index contributed by atoms with van der Waals surface area (Å²) in [5.74, 6) is -0.347. The summed E-state index contributed by atoms with van der Waals surface area (Å²) in [5, 5.41) is 2.20. The fourth-order valence-electron chi connectivity index (χ4n) is 2.98. The second-order valence-corrected chi connectivity index (χ2v) is 5.58. The Balaban J connectivity index is 1.93. The zero-order valence-corrected chi connectivity index (χ0v) is 11.8. The minimum atomic E-state index is -0.156. The van der Waals surface area contributed by atoms with Gasteiger partial charge in [-0.3, -0.25) is 14.6 Å². The van der Waals surface area contributed by atoms with E-state index in [0.29, 0.717) is 12.8 Å². The molecular weight excluding hydrogens is 262 g/mol. The monoisotopic (exact) mass is 279 g/mol. The van der Waals surface area contributed by atoms with Gasteiger partial charge in [0.25, 0.3) is 0 Å². The van der Waals surface area contributed by atoms with Crippen molar-refractivity contribution >= 4 is 22.3 Å². The van der Waals surface area contributed by atoms with Crippen molar-refractivity contribution in [2.24, 2.45) is 5.92 Å². The molecule has 1 unspecified atom stereocenters. The molecule has 1 fully saturated rings. The van der Waals surface area contributed by atoms with Crippen molar-refractivity contribution in [3.05, 3.63) is 54.4 Å². The highest BCUT2D eigenvalue weighted by molar-refractivity contribution is 6.20. The van der Waals surface area contributed by atoms with Crippen molar-refractivity contribution in [3.8, 4) is 0 Å². The minimum Gasteiger partial charge on any atom is -0.294 e. The molecule has 0 radical (unpaired) electrons. The van der Waals surface area contributed by atoms with Crippen LogP contribution in [0.3, 0.4) is 0 Å². The van der Waals surface area contributed by atoms with Gasteiger partial charge in [0, 0.05) is 30.1 Å². The summed E-state index contributed by atoms with van der Waals surface area (Å²) in [7, 11) is 0. The van der Waals surface area contributed by atoms with Crippen LogP contribution in [0, 0.1) is 5.92 Å². The van der Waals surface area contributed by atoms with E-state index in [0.717, 1.165) is 29.2 Å². The fraction of sp³-hybridized carbons (Fsp3) is 0.278. The Morgan fingerprint density at radius 2 is 2.00 bits per heavy atom. The molecule has 0 N–H and O–H groups in total. The highest BCUT2D eigenvalue weighted by Gasteiger charge is 2.28. The van der Waals surface area contributed by atoms with E-state index in [9.17, 15) is 9.59 Å². The van der Waals surface area contributed by atoms with Gasteiger partial charge in [-0.15, -0.1) is 0 Å².